The Morgan fingerprint density at radius 2 is 2.25 bits per heavy atom. The summed E-state index contributed by atoms with van der Waals surface area (Å²) in [5.41, 5.74) is 7.75. The van der Waals surface area contributed by atoms with E-state index in [0.29, 0.717) is 5.65 Å². The molecule has 0 saturated carbocycles. The first-order chi connectivity index (χ1) is 7.84. The first-order valence-electron chi connectivity index (χ1n) is 4.94. The number of fused-ring (bicyclic) bond motifs is 1. The van der Waals surface area contributed by atoms with Gasteiger partial charge in [0.2, 0.25) is 0 Å². The summed E-state index contributed by atoms with van der Waals surface area (Å²) in [6.45, 7) is 0. The van der Waals surface area contributed by atoms with E-state index < -0.39 is 0 Å². The zero-order chi connectivity index (χ0) is 11.0. The van der Waals surface area contributed by atoms with Crippen LogP contribution in [0.1, 0.15) is 16.7 Å². The Balaban J connectivity index is 2.06. The van der Waals surface area contributed by atoms with Gasteiger partial charge in [-0.15, -0.1) is 11.3 Å². The first kappa shape index (κ1) is 9.50. The molecule has 0 radical (unpaired) electrons. The van der Waals surface area contributed by atoms with Gasteiger partial charge in [-0.1, -0.05) is 6.07 Å². The molecule has 0 bridgehead atoms. The smallest absolute Gasteiger partial charge is 0.177 e. The van der Waals surface area contributed by atoms with Crippen LogP contribution in [0.3, 0.4) is 0 Å². The number of aromatic amines is 1. The number of H-pyrrole nitrogens is 1. The van der Waals surface area contributed by atoms with Crippen LogP contribution in [0.4, 0.5) is 0 Å². The number of hydrogen-bond donors (Lipinski definition) is 2. The molecule has 0 saturated heterocycles. The second-order valence-corrected chi connectivity index (χ2v) is 4.47. The molecule has 3 N–H and O–H groups in total. The molecular weight excluding hydrogens is 220 g/mol. The number of rotatable bonds is 2. The van der Waals surface area contributed by atoms with Crippen molar-refractivity contribution >= 4 is 22.5 Å². The van der Waals surface area contributed by atoms with Crippen LogP contribution in [0.2, 0.25) is 0 Å². The zero-order valence-corrected chi connectivity index (χ0v) is 9.24. The lowest BCUT2D eigenvalue weighted by molar-refractivity contribution is 0.821. The van der Waals surface area contributed by atoms with E-state index in [1.807, 2.05) is 29.6 Å². The van der Waals surface area contributed by atoms with Gasteiger partial charge in [-0.05, 0) is 23.6 Å². The van der Waals surface area contributed by atoms with Crippen LogP contribution in [0.15, 0.2) is 35.8 Å². The Morgan fingerprint density at radius 1 is 1.31 bits per heavy atom. The van der Waals surface area contributed by atoms with E-state index in [-0.39, 0.29) is 6.04 Å². The maximum Gasteiger partial charge on any atom is 0.177 e. The number of thiophene rings is 1. The van der Waals surface area contributed by atoms with E-state index in [4.69, 9.17) is 5.73 Å². The molecule has 1 unspecified atom stereocenters. The van der Waals surface area contributed by atoms with E-state index >= 15 is 0 Å². The molecule has 4 nitrogen and oxygen atoms in total. The number of nitrogens with one attached hydrogen (secondary N) is 1. The zero-order valence-electron chi connectivity index (χ0n) is 8.42. The van der Waals surface area contributed by atoms with E-state index in [1.165, 1.54) is 0 Å². The van der Waals surface area contributed by atoms with Crippen molar-refractivity contribution < 1.29 is 0 Å². The Kier molecular flexibility index (Phi) is 2.19. The third-order valence-electron chi connectivity index (χ3n) is 2.42. The average Bonchev–Trinajstić information content (AvgIpc) is 2.97. The molecule has 0 fully saturated rings. The summed E-state index contributed by atoms with van der Waals surface area (Å²) >= 11 is 1.63. The van der Waals surface area contributed by atoms with Gasteiger partial charge >= 0.3 is 0 Å². The molecule has 0 aliphatic rings. The van der Waals surface area contributed by atoms with E-state index in [1.54, 1.807) is 17.5 Å². The van der Waals surface area contributed by atoms with Crippen molar-refractivity contribution in [3.05, 3.63) is 46.5 Å². The van der Waals surface area contributed by atoms with Crippen LogP contribution in [0.25, 0.3) is 11.2 Å². The normalized spacial score (nSPS) is 13.1. The number of hydrogen-bond acceptors (Lipinski definition) is 4. The molecule has 0 aliphatic heterocycles. The van der Waals surface area contributed by atoms with Crippen molar-refractivity contribution in [3.63, 3.8) is 0 Å². The van der Waals surface area contributed by atoms with Gasteiger partial charge in [0.05, 0.1) is 11.6 Å². The van der Waals surface area contributed by atoms with Crippen molar-refractivity contribution in [2.45, 2.75) is 6.04 Å². The molecule has 0 aliphatic carbocycles. The minimum absolute atomic E-state index is 0.200. The second-order valence-electron chi connectivity index (χ2n) is 3.49. The summed E-state index contributed by atoms with van der Waals surface area (Å²) < 4.78 is 0. The Bertz CT molecular complexity index is 566. The monoisotopic (exact) mass is 230 g/mol. The highest BCUT2D eigenvalue weighted by molar-refractivity contribution is 7.10. The quantitative estimate of drug-likeness (QED) is 0.708. The standard InChI is InChI=1S/C11H10N4S/c12-9(8-4-2-6-16-8)11-14-7-3-1-5-13-10(7)15-11/h1-6,9H,12H2,(H,13,14,15). The van der Waals surface area contributed by atoms with Gasteiger partial charge in [-0.2, -0.15) is 0 Å². The Labute approximate surface area is 96.2 Å². The van der Waals surface area contributed by atoms with Gasteiger partial charge in [0, 0.05) is 11.1 Å². The Morgan fingerprint density at radius 3 is 3.00 bits per heavy atom. The summed E-state index contributed by atoms with van der Waals surface area (Å²) in [6, 6.07) is 7.62. The predicted octanol–water partition coefficient (Wildman–Crippen LogP) is 2.07. The van der Waals surface area contributed by atoms with Crippen LogP contribution in [-0.4, -0.2) is 15.0 Å². The molecule has 16 heavy (non-hydrogen) atoms. The first-order valence-corrected chi connectivity index (χ1v) is 5.82. The van der Waals surface area contributed by atoms with Crippen LogP contribution in [0.5, 0.6) is 0 Å². The van der Waals surface area contributed by atoms with Crippen LogP contribution in [0, 0.1) is 0 Å². The molecule has 3 heterocycles. The van der Waals surface area contributed by atoms with Crippen LogP contribution in [-0.2, 0) is 0 Å². The van der Waals surface area contributed by atoms with Crippen molar-refractivity contribution in [3.8, 4) is 0 Å². The minimum atomic E-state index is -0.200. The second kappa shape index (κ2) is 3.70. The van der Waals surface area contributed by atoms with Crippen LogP contribution < -0.4 is 5.73 Å². The molecule has 80 valence electrons. The highest BCUT2D eigenvalue weighted by Gasteiger charge is 2.14. The Hall–Kier alpha value is -1.72. The molecule has 1 atom stereocenters. The fourth-order valence-corrected chi connectivity index (χ4v) is 2.34. The minimum Gasteiger partial charge on any atom is -0.339 e. The molecular formula is C11H10N4S. The molecule has 3 aromatic heterocycles. The number of nitrogens with zero attached hydrogens (tertiary/aromatic N) is 2. The van der Waals surface area contributed by atoms with Crippen molar-refractivity contribution in [1.29, 1.82) is 0 Å². The van der Waals surface area contributed by atoms with Crippen molar-refractivity contribution in [2.75, 3.05) is 0 Å². The maximum atomic E-state index is 6.11. The highest BCUT2D eigenvalue weighted by atomic mass is 32.1. The van der Waals surface area contributed by atoms with Crippen molar-refractivity contribution in [2.24, 2.45) is 5.73 Å². The van der Waals surface area contributed by atoms with Gasteiger partial charge in [-0.3, -0.25) is 0 Å². The number of nitrogens with two attached hydrogens (primary N) is 1. The van der Waals surface area contributed by atoms with Gasteiger partial charge in [0.1, 0.15) is 5.82 Å². The van der Waals surface area contributed by atoms with E-state index in [0.717, 1.165) is 16.2 Å². The number of imidazole rings is 1. The van der Waals surface area contributed by atoms with Crippen molar-refractivity contribution in [1.82, 2.24) is 15.0 Å². The molecule has 5 heteroatoms. The van der Waals surface area contributed by atoms with Gasteiger partial charge in [0.15, 0.2) is 5.65 Å². The lowest BCUT2D eigenvalue weighted by atomic mass is 10.2. The summed E-state index contributed by atoms with van der Waals surface area (Å²) in [5.74, 6) is 0.760. The van der Waals surface area contributed by atoms with Gasteiger partial charge in [-0.25, -0.2) is 9.97 Å². The molecule has 3 aromatic rings. The average molecular weight is 230 g/mol. The SMILES string of the molecule is NC(c1nc2ncccc2[nH]1)c1cccs1. The number of aromatic nitrogens is 3. The number of pyridine rings is 1. The van der Waals surface area contributed by atoms with Gasteiger partial charge in [0.25, 0.3) is 0 Å². The summed E-state index contributed by atoms with van der Waals surface area (Å²) in [7, 11) is 0. The van der Waals surface area contributed by atoms with E-state index in [9.17, 15) is 0 Å². The lowest BCUT2D eigenvalue weighted by Gasteiger charge is -2.04. The predicted molar refractivity (Wildman–Crippen MR) is 64.2 cm³/mol. The molecule has 0 amide bonds. The summed E-state index contributed by atoms with van der Waals surface area (Å²) in [6.07, 6.45) is 1.73. The fourth-order valence-electron chi connectivity index (χ4n) is 1.61. The summed E-state index contributed by atoms with van der Waals surface area (Å²) in [5, 5.41) is 2.01. The summed E-state index contributed by atoms with van der Waals surface area (Å²) in [4.78, 5) is 12.8. The molecule has 0 aromatic carbocycles. The fraction of sp³-hybridized carbons (Fsp3) is 0.0909. The van der Waals surface area contributed by atoms with E-state index in [2.05, 4.69) is 15.0 Å². The topological polar surface area (TPSA) is 67.6 Å². The molecule has 3 rings (SSSR count). The highest BCUT2D eigenvalue weighted by Crippen LogP contribution is 2.22. The largest absolute Gasteiger partial charge is 0.339 e. The maximum absolute atomic E-state index is 6.11. The van der Waals surface area contributed by atoms with Crippen LogP contribution >= 0.6 is 11.3 Å². The van der Waals surface area contributed by atoms with Gasteiger partial charge < -0.3 is 10.7 Å². The lowest BCUT2D eigenvalue weighted by Crippen LogP contribution is -2.11. The third kappa shape index (κ3) is 1.50. The third-order valence-corrected chi connectivity index (χ3v) is 3.38. The molecule has 0 spiro atoms.